The van der Waals surface area contributed by atoms with Gasteiger partial charge in [0.1, 0.15) is 13.2 Å². The molecule has 0 aromatic carbocycles. The fourth-order valence-electron chi connectivity index (χ4n) is 0.964. The quantitative estimate of drug-likeness (QED) is 0.186. The Morgan fingerprint density at radius 2 is 1.06 bits per heavy atom. The number of hydrogen-bond donors (Lipinski definition) is 2. The summed E-state index contributed by atoms with van der Waals surface area (Å²) in [5.41, 5.74) is 0. The molecule has 4 atom stereocenters. The van der Waals surface area contributed by atoms with Gasteiger partial charge in [-0.2, -0.15) is 13.2 Å². The Morgan fingerprint density at radius 1 is 0.742 bits per heavy atom. The van der Waals surface area contributed by atoms with Crippen molar-refractivity contribution in [2.75, 3.05) is 26.4 Å². The average molecular weight is 548 g/mol. The minimum Gasteiger partial charge on any atom is -0.294 e. The summed E-state index contributed by atoms with van der Waals surface area (Å²) in [6.07, 6.45) is 4.39. The average Bonchev–Trinajstić information content (AvgIpc) is 2.55. The molecule has 0 amide bonds. The predicted molar refractivity (Wildman–Crippen MR) is 94.3 cm³/mol. The van der Waals surface area contributed by atoms with Crippen LogP contribution in [-0.4, -0.2) is 32.6 Å². The number of terminal acetylenes is 2. The van der Waals surface area contributed by atoms with E-state index in [1.54, 1.807) is 11.8 Å². The third kappa shape index (κ3) is 20.9. The summed E-state index contributed by atoms with van der Waals surface area (Å²) in [4.78, 5) is 1.58. The summed E-state index contributed by atoms with van der Waals surface area (Å²) in [6.45, 7) is -2.82. The molecular formula is C10H15F7N2O8P4. The highest BCUT2D eigenvalue weighted by atomic mass is 31.3. The lowest BCUT2D eigenvalue weighted by Gasteiger charge is -2.14. The van der Waals surface area contributed by atoms with Crippen LogP contribution in [0, 0.1) is 24.7 Å². The van der Waals surface area contributed by atoms with Crippen molar-refractivity contribution in [2.24, 2.45) is 0 Å². The third-order valence-corrected chi connectivity index (χ3v) is 7.59. The van der Waals surface area contributed by atoms with Gasteiger partial charge in [0, 0.05) is 0 Å². The first-order valence-corrected chi connectivity index (χ1v) is 13.2. The number of hydrogen-bond acceptors (Lipinski definition) is 8. The molecule has 182 valence electrons. The zero-order valence-electron chi connectivity index (χ0n) is 15.2. The van der Waals surface area contributed by atoms with E-state index in [0.29, 0.717) is 4.86 Å². The first-order chi connectivity index (χ1) is 13.8. The first-order valence-electron chi connectivity index (χ1n) is 7.10. The first kappa shape index (κ1) is 32.5. The zero-order valence-corrected chi connectivity index (χ0v) is 18.8. The van der Waals surface area contributed by atoms with Gasteiger partial charge in [0.25, 0.3) is 0 Å². The Balaban J connectivity index is 0. The molecule has 4 unspecified atom stereocenters. The summed E-state index contributed by atoms with van der Waals surface area (Å²) in [5.74, 6) is 3.59. The summed E-state index contributed by atoms with van der Waals surface area (Å²) in [5, 5.41) is 0. The van der Waals surface area contributed by atoms with Crippen LogP contribution >= 0.6 is 31.3 Å². The van der Waals surface area contributed by atoms with Crippen LogP contribution in [0.15, 0.2) is 0 Å². The van der Waals surface area contributed by atoms with Crippen molar-refractivity contribution in [3.63, 3.8) is 0 Å². The fourth-order valence-corrected chi connectivity index (χ4v) is 5.30. The van der Waals surface area contributed by atoms with E-state index in [9.17, 15) is 48.2 Å². The molecule has 0 radical (unpaired) electrons. The third-order valence-electron chi connectivity index (χ3n) is 1.80. The standard InChI is InChI=1S/C6H7F2NO4P2.C4H8F5NO4P2/c1-3-5-12-14(7,10)9-15(8,11)13-6-4-2;1-2-13-15(8,11)10-16(9,12)14-3-4(5,6)7/h1-2H,5-6H2,(H,9,10,11);2-3H2,1H3,(H,10,11,12). The molecule has 0 saturated carbocycles. The molecule has 0 aliphatic carbocycles. The molecule has 0 spiro atoms. The van der Waals surface area contributed by atoms with E-state index in [1.165, 1.54) is 6.92 Å². The van der Waals surface area contributed by atoms with Gasteiger partial charge in [-0.3, -0.25) is 18.1 Å². The SMILES string of the molecule is C#CCOP(=O)(F)NP(=O)(F)OCC#C.CCOP(=O)(F)NP(=O)(F)OCC(F)(F)F. The van der Waals surface area contributed by atoms with E-state index in [0.717, 1.165) is 4.86 Å². The summed E-state index contributed by atoms with van der Waals surface area (Å²) < 4.78 is 143. The van der Waals surface area contributed by atoms with Gasteiger partial charge < -0.3 is 0 Å². The molecule has 0 fully saturated rings. The highest BCUT2D eigenvalue weighted by Crippen LogP contribution is 2.59. The van der Waals surface area contributed by atoms with Crippen LogP contribution in [0.2, 0.25) is 0 Å². The monoisotopic (exact) mass is 548 g/mol. The molecule has 2 N–H and O–H groups in total. The second-order valence-electron chi connectivity index (χ2n) is 4.38. The lowest BCUT2D eigenvalue weighted by Crippen LogP contribution is -2.18. The highest BCUT2D eigenvalue weighted by Gasteiger charge is 2.39. The van der Waals surface area contributed by atoms with Crippen LogP contribution in [0.5, 0.6) is 0 Å². The minimum absolute atomic E-state index is 0.458. The van der Waals surface area contributed by atoms with Gasteiger partial charge >= 0.3 is 37.5 Å². The van der Waals surface area contributed by atoms with E-state index >= 15 is 0 Å². The topological polar surface area (TPSA) is 129 Å². The van der Waals surface area contributed by atoms with E-state index in [2.05, 4.69) is 30.9 Å². The van der Waals surface area contributed by atoms with Gasteiger partial charge in [-0.15, -0.1) is 39.3 Å². The maximum absolute atomic E-state index is 12.8. The molecule has 0 saturated heterocycles. The molecular weight excluding hydrogens is 533 g/mol. The fraction of sp³-hybridized carbons (Fsp3) is 0.600. The molecule has 21 heteroatoms. The summed E-state index contributed by atoms with van der Waals surface area (Å²) >= 11 is 0. The van der Waals surface area contributed by atoms with Crippen LogP contribution in [0.1, 0.15) is 6.92 Å². The van der Waals surface area contributed by atoms with E-state index in [4.69, 9.17) is 0 Å². The Kier molecular flexibility index (Phi) is 14.4. The molecule has 10 nitrogen and oxygen atoms in total. The van der Waals surface area contributed by atoms with Crippen molar-refractivity contribution in [1.82, 2.24) is 9.72 Å². The smallest absolute Gasteiger partial charge is 0.294 e. The van der Waals surface area contributed by atoms with Crippen molar-refractivity contribution >= 4 is 31.3 Å². The maximum Gasteiger partial charge on any atom is 0.453 e. The van der Waals surface area contributed by atoms with Gasteiger partial charge in [-0.25, -0.2) is 18.3 Å². The largest absolute Gasteiger partial charge is 0.453 e. The lowest BCUT2D eigenvalue weighted by atomic mass is 10.7. The Bertz CT molecular complexity index is 806. The lowest BCUT2D eigenvalue weighted by molar-refractivity contribution is -0.154. The van der Waals surface area contributed by atoms with Crippen LogP contribution in [0.3, 0.4) is 0 Å². The molecule has 0 heterocycles. The van der Waals surface area contributed by atoms with E-state index in [1.807, 2.05) is 0 Å². The molecule has 0 aromatic rings. The molecule has 0 aromatic heterocycles. The van der Waals surface area contributed by atoms with E-state index in [-0.39, 0.29) is 0 Å². The molecule has 0 bridgehead atoms. The Hall–Kier alpha value is -0.690. The predicted octanol–water partition coefficient (Wildman–Crippen LogP) is 5.38. The highest BCUT2D eigenvalue weighted by molar-refractivity contribution is 7.67. The Morgan fingerprint density at radius 3 is 1.35 bits per heavy atom. The van der Waals surface area contributed by atoms with Gasteiger partial charge in [-0.05, 0) is 6.92 Å². The molecule has 0 aliphatic rings. The van der Waals surface area contributed by atoms with Gasteiger partial charge in [0.15, 0.2) is 6.61 Å². The number of rotatable bonds is 12. The Labute approximate surface area is 172 Å². The normalized spacial score (nSPS) is 19.2. The van der Waals surface area contributed by atoms with Crippen LogP contribution in [0.4, 0.5) is 30.0 Å². The van der Waals surface area contributed by atoms with Crippen molar-refractivity contribution in [3.8, 4) is 24.7 Å². The summed E-state index contributed by atoms with van der Waals surface area (Å²) in [7, 11) is -21.1. The second kappa shape index (κ2) is 13.8. The van der Waals surface area contributed by atoms with E-state index < -0.39 is 63.9 Å². The number of halogens is 7. The van der Waals surface area contributed by atoms with Gasteiger partial charge in [0.05, 0.1) is 6.61 Å². The zero-order chi connectivity index (χ0) is 25.0. The van der Waals surface area contributed by atoms with Crippen LogP contribution < -0.4 is 9.72 Å². The van der Waals surface area contributed by atoms with Crippen LogP contribution in [0.25, 0.3) is 0 Å². The molecule has 0 aliphatic heterocycles. The van der Waals surface area contributed by atoms with Crippen LogP contribution in [-0.2, 0) is 36.4 Å². The van der Waals surface area contributed by atoms with Crippen molar-refractivity contribution < 1.29 is 66.3 Å². The number of nitrogens with one attached hydrogen (secondary N) is 2. The summed E-state index contributed by atoms with van der Waals surface area (Å²) in [6, 6.07) is 0. The maximum atomic E-state index is 12.8. The van der Waals surface area contributed by atoms with Crippen molar-refractivity contribution in [3.05, 3.63) is 0 Å². The number of alkyl halides is 3. The molecule has 0 rings (SSSR count). The van der Waals surface area contributed by atoms with Crippen molar-refractivity contribution in [1.29, 1.82) is 0 Å². The minimum atomic E-state index is -5.67. The van der Waals surface area contributed by atoms with Crippen molar-refractivity contribution in [2.45, 2.75) is 13.1 Å². The molecule has 31 heavy (non-hydrogen) atoms. The van der Waals surface area contributed by atoms with Gasteiger partial charge in [0.2, 0.25) is 0 Å². The van der Waals surface area contributed by atoms with Gasteiger partial charge in [-0.1, -0.05) is 11.8 Å². The second-order valence-corrected chi connectivity index (χ2v) is 10.8.